The van der Waals surface area contributed by atoms with Gasteiger partial charge in [0.2, 0.25) is 0 Å². The first-order valence-corrected chi connectivity index (χ1v) is 13.1. The summed E-state index contributed by atoms with van der Waals surface area (Å²) in [6, 6.07) is 7.46. The lowest BCUT2D eigenvalue weighted by Gasteiger charge is -2.38. The molecule has 3 aliphatic rings. The molecule has 2 aliphatic carbocycles. The number of esters is 2. The maximum atomic E-state index is 13.8. The number of hydrogen-bond donors (Lipinski definition) is 1. The number of carbonyl (C=O) groups is 3. The van der Waals surface area contributed by atoms with Gasteiger partial charge in [0.05, 0.1) is 19.3 Å². The predicted molar refractivity (Wildman–Crippen MR) is 135 cm³/mol. The number of nitrogens with one attached hydrogen (secondary N) is 1. The second kappa shape index (κ2) is 11.3. The van der Waals surface area contributed by atoms with Crippen molar-refractivity contribution in [2.24, 2.45) is 11.8 Å². The fraction of sp³-hybridized carbons (Fsp3) is 0.552. The lowest BCUT2D eigenvalue weighted by atomic mass is 9.69. The fourth-order valence-corrected chi connectivity index (χ4v) is 5.78. The maximum absolute atomic E-state index is 13.8. The number of rotatable bonds is 6. The highest BCUT2D eigenvalue weighted by atomic mass is 16.5. The Balaban J connectivity index is 1.76. The van der Waals surface area contributed by atoms with Crippen molar-refractivity contribution in [2.75, 3.05) is 13.7 Å². The Kier molecular flexibility index (Phi) is 8.17. The van der Waals surface area contributed by atoms with Gasteiger partial charge in [0.25, 0.3) is 0 Å². The van der Waals surface area contributed by atoms with Crippen LogP contribution in [0.5, 0.6) is 5.75 Å². The van der Waals surface area contributed by atoms with Crippen LogP contribution in [0, 0.1) is 11.8 Å². The molecular weight excluding hydrogens is 458 g/mol. The van der Waals surface area contributed by atoms with E-state index in [1.807, 2.05) is 45.0 Å². The number of Topliss-reactive ketones (excluding diaryl/α,β-unsaturated/α-hetero) is 1. The first-order valence-electron chi connectivity index (χ1n) is 13.1. The minimum Gasteiger partial charge on any atom is -0.494 e. The van der Waals surface area contributed by atoms with Gasteiger partial charge in [-0.3, -0.25) is 9.59 Å². The molecule has 0 unspecified atom stereocenters. The molecule has 194 valence electrons. The smallest absolute Gasteiger partial charge is 0.337 e. The van der Waals surface area contributed by atoms with E-state index in [9.17, 15) is 14.4 Å². The zero-order chi connectivity index (χ0) is 25.8. The van der Waals surface area contributed by atoms with Crippen LogP contribution < -0.4 is 10.1 Å². The molecule has 1 heterocycles. The molecule has 1 fully saturated rings. The molecule has 0 spiro atoms. The highest BCUT2D eigenvalue weighted by Crippen LogP contribution is 2.46. The zero-order valence-corrected chi connectivity index (χ0v) is 21.7. The molecule has 0 amide bonds. The molecule has 3 atom stereocenters. The Morgan fingerprint density at radius 3 is 2.33 bits per heavy atom. The highest BCUT2D eigenvalue weighted by Gasteiger charge is 2.47. The van der Waals surface area contributed by atoms with Crippen LogP contribution in [0.25, 0.3) is 0 Å². The van der Waals surface area contributed by atoms with Gasteiger partial charge in [-0.15, -0.1) is 0 Å². The van der Waals surface area contributed by atoms with Crippen LogP contribution in [-0.4, -0.2) is 37.5 Å². The standard InChI is InChI=1S/C29H37NO6/c1-5-35-20-14-12-19(13-15-20)25-24(29(33)36-21-10-8-6-7-9-11-21)18(3)30-22-16-17(2)23(28(32)34-4)27(31)26(22)25/h12-15,17,21,23,25,30H,5-11,16H2,1-4H3/t17-,23-,25-/m0/s1. The summed E-state index contributed by atoms with van der Waals surface area (Å²) in [5, 5.41) is 3.33. The minimum atomic E-state index is -0.904. The summed E-state index contributed by atoms with van der Waals surface area (Å²) in [6.45, 7) is 6.19. The lowest BCUT2D eigenvalue weighted by molar-refractivity contribution is -0.151. The van der Waals surface area contributed by atoms with Gasteiger partial charge in [0.15, 0.2) is 5.78 Å². The molecule has 1 aromatic rings. The van der Waals surface area contributed by atoms with Crippen LogP contribution >= 0.6 is 0 Å². The van der Waals surface area contributed by atoms with Crippen LogP contribution in [0.1, 0.15) is 77.2 Å². The average Bonchev–Trinajstić information content (AvgIpc) is 3.12. The Hall–Kier alpha value is -3.09. The van der Waals surface area contributed by atoms with Crippen molar-refractivity contribution in [3.05, 3.63) is 52.4 Å². The van der Waals surface area contributed by atoms with Crippen molar-refractivity contribution < 1.29 is 28.6 Å². The summed E-state index contributed by atoms with van der Waals surface area (Å²) < 4.78 is 16.6. The summed E-state index contributed by atoms with van der Waals surface area (Å²) >= 11 is 0. The van der Waals surface area contributed by atoms with E-state index < -0.39 is 23.8 Å². The molecule has 4 rings (SSSR count). The van der Waals surface area contributed by atoms with Gasteiger partial charge in [-0.25, -0.2) is 4.79 Å². The van der Waals surface area contributed by atoms with E-state index in [-0.39, 0.29) is 17.8 Å². The van der Waals surface area contributed by atoms with Gasteiger partial charge in [-0.05, 0) is 69.6 Å². The Labute approximate surface area is 213 Å². The van der Waals surface area contributed by atoms with Gasteiger partial charge in [0.1, 0.15) is 17.8 Å². The third-order valence-electron chi connectivity index (χ3n) is 7.56. The number of ether oxygens (including phenoxy) is 3. The van der Waals surface area contributed by atoms with Crippen molar-refractivity contribution in [1.82, 2.24) is 5.32 Å². The summed E-state index contributed by atoms with van der Waals surface area (Å²) in [4.78, 5) is 40.1. The molecule has 36 heavy (non-hydrogen) atoms. The summed E-state index contributed by atoms with van der Waals surface area (Å²) in [5.41, 5.74) is 3.10. The second-order valence-electron chi connectivity index (χ2n) is 10.1. The van der Waals surface area contributed by atoms with Crippen LogP contribution in [0.15, 0.2) is 46.8 Å². The molecular formula is C29H37NO6. The van der Waals surface area contributed by atoms with E-state index in [4.69, 9.17) is 14.2 Å². The number of hydrogen-bond acceptors (Lipinski definition) is 7. The monoisotopic (exact) mass is 495 g/mol. The molecule has 1 N–H and O–H groups in total. The van der Waals surface area contributed by atoms with E-state index in [0.717, 1.165) is 49.8 Å². The van der Waals surface area contributed by atoms with Crippen molar-refractivity contribution in [3.8, 4) is 5.75 Å². The number of dihydropyridines is 1. The SMILES string of the molecule is CCOc1ccc([C@H]2C(C(=O)OC3CCCCCC3)=C(C)NC3=C2C(=O)[C@@H](C(=O)OC)[C@@H](C)C3)cc1. The average molecular weight is 496 g/mol. The number of carbonyl (C=O) groups excluding carboxylic acids is 3. The van der Waals surface area contributed by atoms with E-state index in [2.05, 4.69) is 5.32 Å². The fourth-order valence-electron chi connectivity index (χ4n) is 5.78. The van der Waals surface area contributed by atoms with E-state index in [0.29, 0.717) is 35.6 Å². The number of benzene rings is 1. The van der Waals surface area contributed by atoms with E-state index >= 15 is 0 Å². The van der Waals surface area contributed by atoms with Gasteiger partial charge in [0, 0.05) is 22.9 Å². The predicted octanol–water partition coefficient (Wildman–Crippen LogP) is 4.96. The first-order chi connectivity index (χ1) is 17.3. The normalized spacial score (nSPS) is 25.0. The molecule has 0 bridgehead atoms. The quantitative estimate of drug-likeness (QED) is 0.339. The van der Waals surface area contributed by atoms with Gasteiger partial charge in [-0.2, -0.15) is 0 Å². The highest BCUT2D eigenvalue weighted by molar-refractivity contribution is 6.12. The second-order valence-corrected chi connectivity index (χ2v) is 10.1. The minimum absolute atomic E-state index is 0.124. The number of ketones is 1. The molecule has 7 nitrogen and oxygen atoms in total. The summed E-state index contributed by atoms with van der Waals surface area (Å²) in [7, 11) is 1.30. The van der Waals surface area contributed by atoms with Gasteiger partial charge in [-0.1, -0.05) is 31.9 Å². The maximum Gasteiger partial charge on any atom is 0.337 e. The number of allylic oxidation sites excluding steroid dienone is 3. The van der Waals surface area contributed by atoms with Gasteiger partial charge < -0.3 is 19.5 Å². The third kappa shape index (κ3) is 5.20. The van der Waals surface area contributed by atoms with Crippen molar-refractivity contribution in [1.29, 1.82) is 0 Å². The first kappa shape index (κ1) is 26.0. The van der Waals surface area contributed by atoms with E-state index in [1.165, 1.54) is 7.11 Å². The Morgan fingerprint density at radius 2 is 1.72 bits per heavy atom. The largest absolute Gasteiger partial charge is 0.494 e. The van der Waals surface area contributed by atoms with Gasteiger partial charge >= 0.3 is 11.9 Å². The topological polar surface area (TPSA) is 90.9 Å². The lowest BCUT2D eigenvalue weighted by Crippen LogP contribution is -2.43. The number of methoxy groups -OCH3 is 1. The molecule has 1 aliphatic heterocycles. The van der Waals surface area contributed by atoms with Crippen LogP contribution in [-0.2, 0) is 23.9 Å². The van der Waals surface area contributed by atoms with Crippen molar-refractivity contribution >= 4 is 17.7 Å². The van der Waals surface area contributed by atoms with Crippen LogP contribution in [0.4, 0.5) is 0 Å². The zero-order valence-electron chi connectivity index (χ0n) is 21.7. The molecule has 1 saturated carbocycles. The molecule has 0 saturated heterocycles. The summed E-state index contributed by atoms with van der Waals surface area (Å²) in [6.07, 6.45) is 6.50. The van der Waals surface area contributed by atoms with E-state index in [1.54, 1.807) is 0 Å². The van der Waals surface area contributed by atoms with Crippen LogP contribution in [0.2, 0.25) is 0 Å². The molecule has 7 heteroatoms. The van der Waals surface area contributed by atoms with Crippen molar-refractivity contribution in [3.63, 3.8) is 0 Å². The Bertz CT molecular complexity index is 1060. The third-order valence-corrected chi connectivity index (χ3v) is 7.56. The Morgan fingerprint density at radius 1 is 1.06 bits per heavy atom. The molecule has 0 radical (unpaired) electrons. The molecule has 0 aromatic heterocycles. The van der Waals surface area contributed by atoms with Crippen LogP contribution in [0.3, 0.4) is 0 Å². The van der Waals surface area contributed by atoms with Crippen molar-refractivity contribution in [2.45, 2.75) is 77.7 Å². The molecule has 1 aromatic carbocycles. The summed E-state index contributed by atoms with van der Waals surface area (Å²) in [5.74, 6) is -2.29.